The van der Waals surface area contributed by atoms with E-state index in [-0.39, 0.29) is 31.5 Å². The number of carbonyl (C=O) groups excluding carboxylic acids is 2. The molecule has 5 heteroatoms. The lowest BCUT2D eigenvalue weighted by molar-refractivity contribution is -0.120. The van der Waals surface area contributed by atoms with Crippen LogP contribution in [-0.2, 0) is 4.79 Å². The molecule has 0 unspecified atom stereocenters. The Morgan fingerprint density at radius 3 is 2.41 bits per heavy atom. The van der Waals surface area contributed by atoms with E-state index in [4.69, 9.17) is 5.11 Å². The zero-order chi connectivity index (χ0) is 12.7. The predicted molar refractivity (Wildman–Crippen MR) is 63.6 cm³/mol. The molecule has 92 valence electrons. The zero-order valence-electron chi connectivity index (χ0n) is 9.69. The van der Waals surface area contributed by atoms with Crippen molar-refractivity contribution in [2.24, 2.45) is 0 Å². The third kappa shape index (κ3) is 4.65. The number of aliphatic hydroxyl groups excluding tert-OH is 1. The fourth-order valence-corrected chi connectivity index (χ4v) is 1.23. The van der Waals surface area contributed by atoms with Gasteiger partial charge in [0.05, 0.1) is 13.2 Å². The van der Waals surface area contributed by atoms with E-state index < -0.39 is 0 Å². The summed E-state index contributed by atoms with van der Waals surface area (Å²) in [6.07, 6.45) is 0. The number of nitrogens with one attached hydrogen (secondary N) is 2. The SMILES string of the molecule is Cc1ccc(C(=O)NCC(=O)NCCO)cc1. The summed E-state index contributed by atoms with van der Waals surface area (Å²) in [6, 6.07) is 7.08. The minimum Gasteiger partial charge on any atom is -0.395 e. The maximum atomic E-state index is 11.6. The molecule has 0 atom stereocenters. The van der Waals surface area contributed by atoms with Crippen molar-refractivity contribution in [2.45, 2.75) is 6.92 Å². The van der Waals surface area contributed by atoms with Gasteiger partial charge in [-0.1, -0.05) is 17.7 Å². The second-order valence-electron chi connectivity index (χ2n) is 3.62. The molecule has 17 heavy (non-hydrogen) atoms. The topological polar surface area (TPSA) is 78.4 Å². The minimum absolute atomic E-state index is 0.0906. The van der Waals surface area contributed by atoms with Crippen LogP contribution in [0.5, 0.6) is 0 Å². The van der Waals surface area contributed by atoms with E-state index >= 15 is 0 Å². The number of hydrogen-bond donors (Lipinski definition) is 3. The number of amides is 2. The molecular formula is C12H16N2O3. The number of aryl methyl sites for hydroxylation is 1. The molecule has 0 heterocycles. The monoisotopic (exact) mass is 236 g/mol. The molecule has 3 N–H and O–H groups in total. The van der Waals surface area contributed by atoms with Crippen molar-refractivity contribution in [1.29, 1.82) is 0 Å². The summed E-state index contributed by atoms with van der Waals surface area (Å²) in [6.45, 7) is 1.92. The summed E-state index contributed by atoms with van der Waals surface area (Å²) in [4.78, 5) is 22.7. The Balaban J connectivity index is 2.39. The van der Waals surface area contributed by atoms with Crippen molar-refractivity contribution in [1.82, 2.24) is 10.6 Å². The van der Waals surface area contributed by atoms with Gasteiger partial charge in [-0.05, 0) is 19.1 Å². The van der Waals surface area contributed by atoms with Gasteiger partial charge in [0.2, 0.25) is 5.91 Å². The standard InChI is InChI=1S/C12H16N2O3/c1-9-2-4-10(5-3-9)12(17)14-8-11(16)13-6-7-15/h2-5,15H,6-8H2,1H3,(H,13,16)(H,14,17). The Kier molecular flexibility index (Phi) is 5.16. The molecule has 0 radical (unpaired) electrons. The molecule has 0 saturated heterocycles. The largest absolute Gasteiger partial charge is 0.395 e. The smallest absolute Gasteiger partial charge is 0.251 e. The first-order chi connectivity index (χ1) is 8.13. The number of carbonyl (C=O) groups is 2. The quantitative estimate of drug-likeness (QED) is 0.664. The molecule has 1 aromatic rings. The van der Waals surface area contributed by atoms with Crippen LogP contribution in [0.1, 0.15) is 15.9 Å². The van der Waals surface area contributed by atoms with E-state index in [0.717, 1.165) is 5.56 Å². The third-order valence-corrected chi connectivity index (χ3v) is 2.16. The van der Waals surface area contributed by atoms with Crippen LogP contribution < -0.4 is 10.6 Å². The first kappa shape index (κ1) is 13.2. The second-order valence-corrected chi connectivity index (χ2v) is 3.62. The van der Waals surface area contributed by atoms with E-state index in [1.165, 1.54) is 0 Å². The molecule has 1 aromatic carbocycles. The highest BCUT2D eigenvalue weighted by Gasteiger charge is 2.06. The Labute approximate surface area is 99.8 Å². The van der Waals surface area contributed by atoms with Crippen molar-refractivity contribution in [3.8, 4) is 0 Å². The minimum atomic E-state index is -0.320. The first-order valence-electron chi connectivity index (χ1n) is 5.36. The van der Waals surface area contributed by atoms with Gasteiger partial charge in [-0.2, -0.15) is 0 Å². The number of rotatable bonds is 5. The molecule has 2 amide bonds. The Hall–Kier alpha value is -1.88. The average molecular weight is 236 g/mol. The molecular weight excluding hydrogens is 220 g/mol. The lowest BCUT2D eigenvalue weighted by Gasteiger charge is -2.06. The van der Waals surface area contributed by atoms with Gasteiger partial charge in [0.15, 0.2) is 0 Å². The first-order valence-corrected chi connectivity index (χ1v) is 5.36. The van der Waals surface area contributed by atoms with E-state index in [1.54, 1.807) is 12.1 Å². The molecule has 0 aromatic heterocycles. The summed E-state index contributed by atoms with van der Waals surface area (Å²) < 4.78 is 0. The molecule has 0 saturated carbocycles. The number of benzene rings is 1. The Morgan fingerprint density at radius 2 is 1.82 bits per heavy atom. The summed E-state index contributed by atoms with van der Waals surface area (Å²) in [5.74, 6) is -0.608. The van der Waals surface area contributed by atoms with Crippen LogP contribution in [0.2, 0.25) is 0 Å². The van der Waals surface area contributed by atoms with Gasteiger partial charge in [0, 0.05) is 12.1 Å². The van der Waals surface area contributed by atoms with Gasteiger partial charge < -0.3 is 15.7 Å². The molecule has 0 aliphatic rings. The molecule has 0 fully saturated rings. The van der Waals surface area contributed by atoms with E-state index in [9.17, 15) is 9.59 Å². The van der Waals surface area contributed by atoms with Crippen LogP contribution >= 0.6 is 0 Å². The van der Waals surface area contributed by atoms with Gasteiger partial charge in [-0.3, -0.25) is 9.59 Å². The van der Waals surface area contributed by atoms with Crippen LogP contribution in [0.25, 0.3) is 0 Å². The molecule has 0 aliphatic carbocycles. The zero-order valence-corrected chi connectivity index (χ0v) is 9.69. The van der Waals surface area contributed by atoms with Crippen LogP contribution in [0.3, 0.4) is 0 Å². The van der Waals surface area contributed by atoms with Crippen LogP contribution in [-0.4, -0.2) is 36.6 Å². The average Bonchev–Trinajstić information content (AvgIpc) is 2.34. The molecule has 0 spiro atoms. The molecule has 1 rings (SSSR count). The Bertz CT molecular complexity index is 387. The van der Waals surface area contributed by atoms with Crippen molar-refractivity contribution in [3.05, 3.63) is 35.4 Å². The fraction of sp³-hybridized carbons (Fsp3) is 0.333. The maximum Gasteiger partial charge on any atom is 0.251 e. The van der Waals surface area contributed by atoms with Gasteiger partial charge in [-0.15, -0.1) is 0 Å². The van der Waals surface area contributed by atoms with Gasteiger partial charge in [0.25, 0.3) is 5.91 Å². The summed E-state index contributed by atoms with van der Waals surface area (Å²) >= 11 is 0. The fourth-order valence-electron chi connectivity index (χ4n) is 1.23. The van der Waals surface area contributed by atoms with E-state index in [0.29, 0.717) is 5.56 Å². The summed E-state index contributed by atoms with van der Waals surface area (Å²) in [7, 11) is 0. The van der Waals surface area contributed by atoms with Crippen LogP contribution in [0, 0.1) is 6.92 Å². The molecule has 0 bridgehead atoms. The van der Waals surface area contributed by atoms with Crippen LogP contribution in [0.15, 0.2) is 24.3 Å². The molecule has 5 nitrogen and oxygen atoms in total. The summed E-state index contributed by atoms with van der Waals surface area (Å²) in [5.41, 5.74) is 1.59. The van der Waals surface area contributed by atoms with E-state index in [1.807, 2.05) is 19.1 Å². The normalized spacial score (nSPS) is 9.76. The van der Waals surface area contributed by atoms with Crippen LogP contribution in [0.4, 0.5) is 0 Å². The second kappa shape index (κ2) is 6.65. The van der Waals surface area contributed by atoms with Crippen molar-refractivity contribution >= 4 is 11.8 Å². The predicted octanol–water partition coefficient (Wildman–Crippen LogP) is -0.167. The van der Waals surface area contributed by atoms with Gasteiger partial charge >= 0.3 is 0 Å². The molecule has 0 aliphatic heterocycles. The van der Waals surface area contributed by atoms with E-state index in [2.05, 4.69) is 10.6 Å². The van der Waals surface area contributed by atoms with Crippen molar-refractivity contribution < 1.29 is 14.7 Å². The highest BCUT2D eigenvalue weighted by Crippen LogP contribution is 2.02. The summed E-state index contributed by atoms with van der Waals surface area (Å²) in [5, 5.41) is 13.4. The van der Waals surface area contributed by atoms with Crippen molar-refractivity contribution in [3.63, 3.8) is 0 Å². The Morgan fingerprint density at radius 1 is 1.18 bits per heavy atom. The van der Waals surface area contributed by atoms with Gasteiger partial charge in [-0.25, -0.2) is 0 Å². The number of hydrogen-bond acceptors (Lipinski definition) is 3. The van der Waals surface area contributed by atoms with Gasteiger partial charge in [0.1, 0.15) is 0 Å². The maximum absolute atomic E-state index is 11.6. The number of aliphatic hydroxyl groups is 1. The lowest BCUT2D eigenvalue weighted by Crippen LogP contribution is -2.37. The lowest BCUT2D eigenvalue weighted by atomic mass is 10.1. The van der Waals surface area contributed by atoms with Crippen molar-refractivity contribution in [2.75, 3.05) is 19.7 Å². The third-order valence-electron chi connectivity index (χ3n) is 2.16. The highest BCUT2D eigenvalue weighted by atomic mass is 16.3. The highest BCUT2D eigenvalue weighted by molar-refractivity contribution is 5.96.